The maximum Gasteiger partial charge on any atom is 0.335 e. The number of carbonyl (C=O) groups excluding carboxylic acids is 4. The number of hydrogen-bond acceptors (Lipinski definition) is 7. The second kappa shape index (κ2) is 12.4. The lowest BCUT2D eigenvalue weighted by Gasteiger charge is -2.26. The molecule has 3 aromatic rings. The quantitative estimate of drug-likeness (QED) is 0.285. The number of anilines is 2. The fraction of sp³-hybridized carbons (Fsp3) is 0.172. The van der Waals surface area contributed by atoms with Gasteiger partial charge in [0.15, 0.2) is 18.1 Å². The van der Waals surface area contributed by atoms with Crippen molar-refractivity contribution < 1.29 is 33.4 Å². The van der Waals surface area contributed by atoms with E-state index in [1.165, 1.54) is 37.5 Å². The van der Waals surface area contributed by atoms with Gasteiger partial charge in [-0.15, -0.1) is 0 Å². The monoisotopic (exact) mass is 563 g/mol. The number of aryl methyl sites for hydroxylation is 1. The summed E-state index contributed by atoms with van der Waals surface area (Å²) in [5, 5.41) is 5.04. The van der Waals surface area contributed by atoms with Crippen LogP contribution >= 0.6 is 11.6 Å². The number of nitrogens with zero attached hydrogens (tertiary/aromatic N) is 1. The number of methoxy groups -OCH3 is 1. The number of amides is 5. The van der Waals surface area contributed by atoms with Crippen LogP contribution in [0.4, 0.5) is 16.2 Å². The molecule has 1 heterocycles. The Balaban J connectivity index is 1.58. The van der Waals surface area contributed by atoms with Crippen molar-refractivity contribution in [3.05, 3.63) is 82.4 Å². The van der Waals surface area contributed by atoms with E-state index in [9.17, 15) is 19.2 Å². The number of benzene rings is 3. The van der Waals surface area contributed by atoms with Gasteiger partial charge in [-0.25, -0.2) is 9.69 Å². The summed E-state index contributed by atoms with van der Waals surface area (Å²) in [6.45, 7) is 3.54. The van der Waals surface area contributed by atoms with E-state index in [4.69, 9.17) is 25.8 Å². The molecule has 1 aliphatic rings. The number of ether oxygens (including phenoxy) is 3. The maximum atomic E-state index is 13.2. The first kappa shape index (κ1) is 28.2. The highest BCUT2D eigenvalue weighted by molar-refractivity contribution is 6.39. The van der Waals surface area contributed by atoms with Crippen molar-refractivity contribution >= 4 is 52.8 Å². The largest absolute Gasteiger partial charge is 0.497 e. The lowest BCUT2D eigenvalue weighted by atomic mass is 10.1. The third-order valence-electron chi connectivity index (χ3n) is 5.84. The summed E-state index contributed by atoms with van der Waals surface area (Å²) in [7, 11) is 1.49. The summed E-state index contributed by atoms with van der Waals surface area (Å²) in [5.74, 6) is -1.21. The van der Waals surface area contributed by atoms with E-state index < -0.39 is 23.8 Å². The van der Waals surface area contributed by atoms with Crippen LogP contribution in [0.1, 0.15) is 18.1 Å². The van der Waals surface area contributed by atoms with Crippen molar-refractivity contribution in [3.63, 3.8) is 0 Å². The molecule has 5 amide bonds. The highest BCUT2D eigenvalue weighted by atomic mass is 35.5. The van der Waals surface area contributed by atoms with E-state index in [-0.39, 0.29) is 41.0 Å². The molecule has 0 spiro atoms. The third kappa shape index (κ3) is 6.24. The van der Waals surface area contributed by atoms with Crippen molar-refractivity contribution in [3.8, 4) is 17.2 Å². The van der Waals surface area contributed by atoms with Gasteiger partial charge >= 0.3 is 6.03 Å². The van der Waals surface area contributed by atoms with Gasteiger partial charge in [-0.3, -0.25) is 19.7 Å². The van der Waals surface area contributed by atoms with Gasteiger partial charge in [0.25, 0.3) is 17.7 Å². The van der Waals surface area contributed by atoms with Crippen LogP contribution in [0.5, 0.6) is 17.2 Å². The van der Waals surface area contributed by atoms with Crippen LogP contribution in [0.3, 0.4) is 0 Å². The third-order valence-corrected chi connectivity index (χ3v) is 6.12. The highest BCUT2D eigenvalue weighted by Crippen LogP contribution is 2.37. The van der Waals surface area contributed by atoms with Crippen molar-refractivity contribution in [2.75, 3.05) is 30.5 Å². The van der Waals surface area contributed by atoms with Crippen LogP contribution < -0.4 is 29.7 Å². The number of urea groups is 1. The average Bonchev–Trinajstić information content (AvgIpc) is 2.92. The number of halogens is 1. The normalized spacial score (nSPS) is 14.2. The Morgan fingerprint density at radius 2 is 1.77 bits per heavy atom. The highest BCUT2D eigenvalue weighted by Gasteiger charge is 2.37. The minimum atomic E-state index is -0.877. The molecule has 206 valence electrons. The van der Waals surface area contributed by atoms with Crippen molar-refractivity contribution in [1.29, 1.82) is 0 Å². The molecule has 0 aliphatic carbocycles. The van der Waals surface area contributed by atoms with Gasteiger partial charge in [-0.1, -0.05) is 29.8 Å². The number of carbonyl (C=O) groups is 4. The van der Waals surface area contributed by atoms with Crippen LogP contribution in [-0.4, -0.2) is 44.1 Å². The zero-order valence-electron chi connectivity index (χ0n) is 21.9. The molecular weight excluding hydrogens is 538 g/mol. The average molecular weight is 564 g/mol. The van der Waals surface area contributed by atoms with Gasteiger partial charge in [0.05, 0.1) is 24.4 Å². The van der Waals surface area contributed by atoms with Gasteiger partial charge in [-0.2, -0.15) is 0 Å². The smallest absolute Gasteiger partial charge is 0.335 e. The number of para-hydroxylation sites is 1. The maximum absolute atomic E-state index is 13.2. The molecule has 1 aliphatic heterocycles. The molecule has 10 nitrogen and oxygen atoms in total. The molecule has 0 atom stereocenters. The molecule has 0 radical (unpaired) electrons. The van der Waals surface area contributed by atoms with E-state index in [1.807, 2.05) is 25.1 Å². The van der Waals surface area contributed by atoms with Gasteiger partial charge in [0, 0.05) is 5.69 Å². The van der Waals surface area contributed by atoms with Crippen LogP contribution in [0, 0.1) is 6.92 Å². The SMILES string of the molecule is CCOc1cc(/C=C2\C(=O)NC(=O)N(c3ccc(OC)cc3)C2=O)cc(Cl)c1OCC(=O)Nc1ccccc1C. The summed E-state index contributed by atoms with van der Waals surface area (Å²) in [6, 6.07) is 15.6. The van der Waals surface area contributed by atoms with Crippen molar-refractivity contribution in [2.45, 2.75) is 13.8 Å². The van der Waals surface area contributed by atoms with Crippen LogP contribution in [0.2, 0.25) is 5.02 Å². The molecule has 1 fully saturated rings. The number of rotatable bonds is 9. The number of hydrogen-bond donors (Lipinski definition) is 2. The zero-order chi connectivity index (χ0) is 28.8. The Bertz CT molecular complexity index is 1500. The molecular formula is C29H26ClN3O7. The summed E-state index contributed by atoms with van der Waals surface area (Å²) in [6.07, 6.45) is 1.30. The number of imide groups is 2. The van der Waals surface area contributed by atoms with E-state index in [1.54, 1.807) is 25.1 Å². The first-order chi connectivity index (χ1) is 19.2. The van der Waals surface area contributed by atoms with Crippen LogP contribution in [0.15, 0.2) is 66.2 Å². The summed E-state index contributed by atoms with van der Waals surface area (Å²) in [4.78, 5) is 51.7. The van der Waals surface area contributed by atoms with Crippen molar-refractivity contribution in [1.82, 2.24) is 5.32 Å². The molecule has 2 N–H and O–H groups in total. The van der Waals surface area contributed by atoms with Gasteiger partial charge in [-0.05, 0) is 73.5 Å². The predicted molar refractivity (Wildman–Crippen MR) is 150 cm³/mol. The Labute approximate surface area is 235 Å². The molecule has 11 heteroatoms. The molecule has 0 unspecified atom stereocenters. The summed E-state index contributed by atoms with van der Waals surface area (Å²) >= 11 is 6.48. The molecule has 4 rings (SSSR count). The number of nitrogens with one attached hydrogen (secondary N) is 2. The molecule has 0 bridgehead atoms. The van der Waals surface area contributed by atoms with E-state index in [2.05, 4.69) is 10.6 Å². The molecule has 0 saturated carbocycles. The topological polar surface area (TPSA) is 123 Å². The lowest BCUT2D eigenvalue weighted by molar-refractivity contribution is -0.122. The summed E-state index contributed by atoms with van der Waals surface area (Å²) in [5.41, 5.74) is 1.86. The van der Waals surface area contributed by atoms with Gasteiger partial charge in [0.1, 0.15) is 11.3 Å². The summed E-state index contributed by atoms with van der Waals surface area (Å²) < 4.78 is 16.5. The predicted octanol–water partition coefficient (Wildman–Crippen LogP) is 4.74. The Hall–Kier alpha value is -4.83. The van der Waals surface area contributed by atoms with Crippen LogP contribution in [-0.2, 0) is 14.4 Å². The fourth-order valence-corrected chi connectivity index (χ4v) is 4.18. The minimum absolute atomic E-state index is 0.0910. The van der Waals surface area contributed by atoms with Crippen molar-refractivity contribution in [2.24, 2.45) is 0 Å². The first-order valence-corrected chi connectivity index (χ1v) is 12.6. The second-order valence-corrected chi connectivity index (χ2v) is 8.98. The fourth-order valence-electron chi connectivity index (χ4n) is 3.90. The Morgan fingerprint density at radius 1 is 1.05 bits per heavy atom. The molecule has 3 aromatic carbocycles. The van der Waals surface area contributed by atoms with E-state index >= 15 is 0 Å². The van der Waals surface area contributed by atoms with Crippen LogP contribution in [0.25, 0.3) is 6.08 Å². The zero-order valence-corrected chi connectivity index (χ0v) is 22.7. The molecule has 0 aromatic heterocycles. The van der Waals surface area contributed by atoms with Gasteiger partial charge < -0.3 is 19.5 Å². The number of barbiturate groups is 1. The van der Waals surface area contributed by atoms with E-state index in [0.717, 1.165) is 10.5 Å². The lowest BCUT2D eigenvalue weighted by Crippen LogP contribution is -2.54. The Kier molecular flexibility index (Phi) is 8.70. The minimum Gasteiger partial charge on any atom is -0.497 e. The first-order valence-electron chi connectivity index (χ1n) is 12.2. The Morgan fingerprint density at radius 3 is 2.45 bits per heavy atom. The van der Waals surface area contributed by atoms with Gasteiger partial charge in [0.2, 0.25) is 0 Å². The standard InChI is InChI=1S/C29H26ClN3O7/c1-4-39-24-15-18(14-22(30)26(24)40-16-25(34)31-23-8-6-5-7-17(23)2)13-21-27(35)32-29(37)33(28(21)36)19-9-11-20(38-3)12-10-19/h5-15H,4,16H2,1-3H3,(H,31,34)(H,32,35,37)/b21-13+. The molecule has 1 saturated heterocycles. The van der Waals surface area contributed by atoms with E-state index in [0.29, 0.717) is 17.0 Å². The second-order valence-electron chi connectivity index (χ2n) is 8.57. The molecule has 40 heavy (non-hydrogen) atoms.